The van der Waals surface area contributed by atoms with Gasteiger partial charge in [0.25, 0.3) is 0 Å². The molecule has 1 unspecified atom stereocenters. The number of nitrogens with one attached hydrogen (secondary N) is 1. The van der Waals surface area contributed by atoms with Gasteiger partial charge in [-0.2, -0.15) is 0 Å². The monoisotopic (exact) mass is 438 g/mol. The van der Waals surface area contributed by atoms with E-state index in [-0.39, 0.29) is 17.6 Å². The smallest absolute Gasteiger partial charge is 0.228 e. The van der Waals surface area contributed by atoms with Crippen molar-refractivity contribution < 1.29 is 9.18 Å². The van der Waals surface area contributed by atoms with Crippen LogP contribution in [0.3, 0.4) is 0 Å². The standard InChI is InChI=1S/C19H20FIN2O/c20-18-6-2-1-4-14(18)12-23-11-3-5-15(13-23)19(24)22-17-9-7-16(21)8-10-17/h1-2,4,6-10,15H,3,5,11-13H2,(H,22,24). The molecule has 1 heterocycles. The molecule has 0 saturated carbocycles. The largest absolute Gasteiger partial charge is 0.326 e. The average molecular weight is 438 g/mol. The van der Waals surface area contributed by atoms with E-state index < -0.39 is 0 Å². The van der Waals surface area contributed by atoms with E-state index in [1.807, 2.05) is 36.4 Å². The summed E-state index contributed by atoms with van der Waals surface area (Å²) in [6.45, 7) is 2.13. The third kappa shape index (κ3) is 4.54. The van der Waals surface area contributed by atoms with Crippen LogP contribution < -0.4 is 5.32 Å². The minimum atomic E-state index is -0.178. The topological polar surface area (TPSA) is 32.3 Å². The maximum atomic E-state index is 13.8. The third-order valence-corrected chi connectivity index (χ3v) is 5.06. The number of halogens is 2. The van der Waals surface area contributed by atoms with Crippen LogP contribution in [-0.4, -0.2) is 23.9 Å². The molecular weight excluding hydrogens is 418 g/mol. The van der Waals surface area contributed by atoms with Gasteiger partial charge in [0, 0.05) is 27.9 Å². The number of likely N-dealkylation sites (tertiary alicyclic amines) is 1. The van der Waals surface area contributed by atoms with Crippen LogP contribution in [0.5, 0.6) is 0 Å². The average Bonchev–Trinajstić information content (AvgIpc) is 2.59. The molecule has 0 radical (unpaired) electrons. The quantitative estimate of drug-likeness (QED) is 0.723. The molecule has 0 spiro atoms. The summed E-state index contributed by atoms with van der Waals surface area (Å²) in [5, 5.41) is 2.99. The normalized spacial score (nSPS) is 18.3. The Balaban J connectivity index is 1.59. The van der Waals surface area contributed by atoms with E-state index >= 15 is 0 Å². The second-order valence-corrected chi connectivity index (χ2v) is 7.41. The Morgan fingerprint density at radius 2 is 1.96 bits per heavy atom. The molecule has 2 aromatic carbocycles. The lowest BCUT2D eigenvalue weighted by Crippen LogP contribution is -2.40. The van der Waals surface area contributed by atoms with Crippen molar-refractivity contribution in [2.24, 2.45) is 5.92 Å². The van der Waals surface area contributed by atoms with Gasteiger partial charge in [-0.05, 0) is 72.3 Å². The molecule has 3 nitrogen and oxygen atoms in total. The maximum Gasteiger partial charge on any atom is 0.228 e. The van der Waals surface area contributed by atoms with Gasteiger partial charge in [-0.1, -0.05) is 18.2 Å². The molecule has 126 valence electrons. The van der Waals surface area contributed by atoms with Crippen LogP contribution in [0.15, 0.2) is 48.5 Å². The summed E-state index contributed by atoms with van der Waals surface area (Å²) >= 11 is 2.24. The first-order valence-corrected chi connectivity index (χ1v) is 9.22. The molecule has 0 bridgehead atoms. The molecule has 5 heteroatoms. The molecule has 1 N–H and O–H groups in total. The first-order chi connectivity index (χ1) is 11.6. The number of carbonyl (C=O) groups excluding carboxylic acids is 1. The van der Waals surface area contributed by atoms with Gasteiger partial charge in [-0.3, -0.25) is 9.69 Å². The molecule has 1 aliphatic heterocycles. The van der Waals surface area contributed by atoms with Crippen molar-refractivity contribution in [1.29, 1.82) is 0 Å². The van der Waals surface area contributed by atoms with E-state index in [0.717, 1.165) is 28.6 Å². The van der Waals surface area contributed by atoms with E-state index in [1.165, 1.54) is 6.07 Å². The summed E-state index contributed by atoms with van der Waals surface area (Å²) in [5.41, 5.74) is 1.52. The summed E-state index contributed by atoms with van der Waals surface area (Å²) in [7, 11) is 0. The summed E-state index contributed by atoms with van der Waals surface area (Å²) in [4.78, 5) is 14.7. The van der Waals surface area contributed by atoms with Gasteiger partial charge in [0.2, 0.25) is 5.91 Å². The Labute approximate surface area is 155 Å². The van der Waals surface area contributed by atoms with E-state index in [0.29, 0.717) is 18.7 Å². The summed E-state index contributed by atoms with van der Waals surface area (Å²) < 4.78 is 15.0. The molecule has 2 aromatic rings. The van der Waals surface area contributed by atoms with Gasteiger partial charge in [-0.25, -0.2) is 4.39 Å². The number of rotatable bonds is 4. The fourth-order valence-corrected chi connectivity index (χ4v) is 3.42. The molecule has 1 atom stereocenters. The van der Waals surface area contributed by atoms with Crippen molar-refractivity contribution in [1.82, 2.24) is 4.90 Å². The second kappa shape index (κ2) is 8.07. The first kappa shape index (κ1) is 17.4. The van der Waals surface area contributed by atoms with Crippen LogP contribution in [-0.2, 0) is 11.3 Å². The fraction of sp³-hybridized carbons (Fsp3) is 0.316. The summed E-state index contributed by atoms with van der Waals surface area (Å²) in [6, 6.07) is 14.6. The Morgan fingerprint density at radius 3 is 2.71 bits per heavy atom. The van der Waals surface area contributed by atoms with E-state index in [1.54, 1.807) is 6.07 Å². The van der Waals surface area contributed by atoms with Crippen LogP contribution in [0.4, 0.5) is 10.1 Å². The van der Waals surface area contributed by atoms with Crippen LogP contribution in [0, 0.1) is 15.3 Å². The predicted octanol–water partition coefficient (Wildman–Crippen LogP) is 4.28. The van der Waals surface area contributed by atoms with Gasteiger partial charge in [0.15, 0.2) is 0 Å². The zero-order valence-electron chi connectivity index (χ0n) is 13.3. The third-order valence-electron chi connectivity index (χ3n) is 4.34. The number of nitrogens with zero attached hydrogens (tertiary/aromatic N) is 1. The zero-order chi connectivity index (χ0) is 16.9. The van der Waals surface area contributed by atoms with Gasteiger partial charge in [-0.15, -0.1) is 0 Å². The number of hydrogen-bond acceptors (Lipinski definition) is 2. The number of piperidine rings is 1. The molecule has 0 aromatic heterocycles. The number of hydrogen-bond donors (Lipinski definition) is 1. The minimum Gasteiger partial charge on any atom is -0.326 e. The van der Waals surface area contributed by atoms with Crippen molar-refractivity contribution in [2.45, 2.75) is 19.4 Å². The molecule has 1 aliphatic rings. The van der Waals surface area contributed by atoms with Gasteiger partial charge < -0.3 is 5.32 Å². The highest BCUT2D eigenvalue weighted by Gasteiger charge is 2.26. The molecule has 1 saturated heterocycles. The lowest BCUT2D eigenvalue weighted by molar-refractivity contribution is -0.121. The molecule has 1 amide bonds. The Kier molecular flexibility index (Phi) is 5.84. The number of benzene rings is 2. The Hall–Kier alpha value is -1.47. The minimum absolute atomic E-state index is 0.0504. The SMILES string of the molecule is O=C(Nc1ccc(I)cc1)C1CCCN(Cc2ccccc2F)C1. The predicted molar refractivity (Wildman–Crippen MR) is 102 cm³/mol. The lowest BCUT2D eigenvalue weighted by Gasteiger charge is -2.32. The Morgan fingerprint density at radius 1 is 1.21 bits per heavy atom. The molecular formula is C19H20FIN2O. The van der Waals surface area contributed by atoms with Crippen molar-refractivity contribution in [2.75, 3.05) is 18.4 Å². The molecule has 0 aliphatic carbocycles. The van der Waals surface area contributed by atoms with Crippen LogP contribution in [0.25, 0.3) is 0 Å². The highest BCUT2D eigenvalue weighted by atomic mass is 127. The molecule has 1 fully saturated rings. The Bertz CT molecular complexity index is 705. The van der Waals surface area contributed by atoms with Gasteiger partial charge >= 0.3 is 0 Å². The van der Waals surface area contributed by atoms with Gasteiger partial charge in [0.1, 0.15) is 5.82 Å². The second-order valence-electron chi connectivity index (χ2n) is 6.16. The summed E-state index contributed by atoms with van der Waals surface area (Å²) in [5.74, 6) is -0.179. The highest BCUT2D eigenvalue weighted by Crippen LogP contribution is 2.21. The van der Waals surface area contributed by atoms with Gasteiger partial charge in [0.05, 0.1) is 5.92 Å². The summed E-state index contributed by atoms with van der Waals surface area (Å²) in [6.07, 6.45) is 1.84. The van der Waals surface area contributed by atoms with Crippen LogP contribution >= 0.6 is 22.6 Å². The van der Waals surface area contributed by atoms with Crippen LogP contribution in [0.1, 0.15) is 18.4 Å². The number of amides is 1. The van der Waals surface area contributed by atoms with Crippen molar-refractivity contribution in [3.05, 3.63) is 63.5 Å². The first-order valence-electron chi connectivity index (χ1n) is 8.14. The fourth-order valence-electron chi connectivity index (χ4n) is 3.06. The number of anilines is 1. The van der Waals surface area contributed by atoms with Crippen molar-refractivity contribution >= 4 is 34.2 Å². The van der Waals surface area contributed by atoms with E-state index in [2.05, 4.69) is 32.8 Å². The van der Waals surface area contributed by atoms with E-state index in [4.69, 9.17) is 0 Å². The molecule has 24 heavy (non-hydrogen) atoms. The van der Waals surface area contributed by atoms with E-state index in [9.17, 15) is 9.18 Å². The lowest BCUT2D eigenvalue weighted by atomic mass is 9.96. The highest BCUT2D eigenvalue weighted by molar-refractivity contribution is 14.1. The molecule has 3 rings (SSSR count). The van der Waals surface area contributed by atoms with Crippen molar-refractivity contribution in [3.8, 4) is 0 Å². The van der Waals surface area contributed by atoms with Crippen molar-refractivity contribution in [3.63, 3.8) is 0 Å². The number of carbonyl (C=O) groups is 1. The zero-order valence-corrected chi connectivity index (χ0v) is 15.5. The maximum absolute atomic E-state index is 13.8. The van der Waals surface area contributed by atoms with Crippen LogP contribution in [0.2, 0.25) is 0 Å².